The van der Waals surface area contributed by atoms with Crippen molar-refractivity contribution in [1.82, 2.24) is 0 Å². The zero-order valence-corrected chi connectivity index (χ0v) is 48.7. The Morgan fingerprint density at radius 3 is 1.13 bits per heavy atom. The number of benzene rings is 17. The van der Waals surface area contributed by atoms with Crippen molar-refractivity contribution in [2.75, 3.05) is 0 Å². The summed E-state index contributed by atoms with van der Waals surface area (Å²) in [5.41, 5.74) is 19.2. The third-order valence-corrected chi connectivity index (χ3v) is 18.3. The predicted octanol–water partition coefficient (Wildman–Crippen LogP) is 25.0. The van der Waals surface area contributed by atoms with Gasteiger partial charge in [-0.2, -0.15) is 0 Å². The molecule has 89 heavy (non-hydrogen) atoms. The average molecular weight is 1130 g/mol. The van der Waals surface area contributed by atoms with E-state index >= 15 is 0 Å². The van der Waals surface area contributed by atoms with E-state index in [4.69, 9.17) is 4.42 Å². The van der Waals surface area contributed by atoms with Crippen LogP contribution in [0.25, 0.3) is 175 Å². The summed E-state index contributed by atoms with van der Waals surface area (Å²) in [6, 6.07) is 123. The first-order chi connectivity index (χ1) is 44.2. The lowest BCUT2D eigenvalue weighted by molar-refractivity contribution is 0.673. The van der Waals surface area contributed by atoms with Gasteiger partial charge in [-0.25, -0.2) is 0 Å². The molecular weight excluding hydrogens is 1070 g/mol. The van der Waals surface area contributed by atoms with Gasteiger partial charge in [-0.05, 0) is 172 Å². The highest BCUT2D eigenvalue weighted by Crippen LogP contribution is 2.50. The molecule has 0 saturated heterocycles. The summed E-state index contributed by atoms with van der Waals surface area (Å²) in [7, 11) is 0. The van der Waals surface area contributed by atoms with Gasteiger partial charge in [-0.15, -0.1) is 0 Å². The summed E-state index contributed by atoms with van der Waals surface area (Å²) < 4.78 is 6.59. The standard InChI is InChI=1S/C46H30.C42H26O/c1-2-11-31(12-3-1)38-27-28-43-44(30-38)46(40-20-10-16-34-14-6-7-17-39(34)40)42-19-9-8-18-41(42)45(43)35-24-21-33(22-25-35)37-26-23-32-13-4-5-15-36(32)29-37;1-2-11-27(12-3-1)28-21-23-30(24-22-28)39-32-15-6-8-17-34(32)40(35-18-9-7-16-33(35)39)36-19-10-20-38-41(36)37-26-25-29-13-4-5-14-31(29)42(37)43-38/h1-30H;1-26H. The Bertz CT molecular complexity index is 5700. The number of rotatable bonds is 7. The zero-order chi connectivity index (χ0) is 58.8. The number of fused-ring (bicyclic) bond motifs is 11. The molecule has 0 unspecified atom stereocenters. The first-order valence-electron chi connectivity index (χ1n) is 30.7. The molecule has 17 aromatic carbocycles. The highest BCUT2D eigenvalue weighted by atomic mass is 16.3. The fourth-order valence-corrected chi connectivity index (χ4v) is 14.2. The Hall–Kier alpha value is -11.6. The molecule has 18 aromatic rings. The van der Waals surface area contributed by atoms with Gasteiger partial charge >= 0.3 is 0 Å². The number of hydrogen-bond donors (Lipinski definition) is 0. The topological polar surface area (TPSA) is 13.1 Å². The van der Waals surface area contributed by atoms with Crippen molar-refractivity contribution in [1.29, 1.82) is 0 Å². The first-order valence-corrected chi connectivity index (χ1v) is 30.7. The van der Waals surface area contributed by atoms with Crippen molar-refractivity contribution in [2.45, 2.75) is 0 Å². The van der Waals surface area contributed by atoms with Crippen LogP contribution in [0.15, 0.2) is 344 Å². The van der Waals surface area contributed by atoms with E-state index in [1.807, 2.05) is 0 Å². The monoisotopic (exact) mass is 1130 g/mol. The van der Waals surface area contributed by atoms with Crippen molar-refractivity contribution in [3.63, 3.8) is 0 Å². The van der Waals surface area contributed by atoms with Crippen LogP contribution in [0.2, 0.25) is 0 Å². The summed E-state index contributed by atoms with van der Waals surface area (Å²) in [6.45, 7) is 0. The van der Waals surface area contributed by atoms with Gasteiger partial charge < -0.3 is 4.42 Å². The summed E-state index contributed by atoms with van der Waals surface area (Å²) in [4.78, 5) is 0. The Labute approximate surface area is 516 Å². The third-order valence-electron chi connectivity index (χ3n) is 18.3. The molecule has 1 heteroatoms. The van der Waals surface area contributed by atoms with Crippen molar-refractivity contribution in [3.05, 3.63) is 340 Å². The van der Waals surface area contributed by atoms with Crippen molar-refractivity contribution >= 4 is 97.3 Å². The summed E-state index contributed by atoms with van der Waals surface area (Å²) in [6.07, 6.45) is 0. The number of furan rings is 1. The SMILES string of the molecule is c1ccc(-c2ccc(-c3c4ccccc4c(-c4cccc5oc6c7ccccc7ccc6c45)c4ccccc34)cc2)cc1.c1ccc(-c2ccc3c(-c4ccc(-c5ccc6ccccc6c5)cc4)c4ccccc4c(-c4cccc5ccccc45)c3c2)cc1. The lowest BCUT2D eigenvalue weighted by atomic mass is 9.83. The second-order valence-corrected chi connectivity index (χ2v) is 23.3. The van der Waals surface area contributed by atoms with Gasteiger partial charge in [0.2, 0.25) is 0 Å². The minimum Gasteiger partial charge on any atom is -0.455 e. The van der Waals surface area contributed by atoms with Crippen LogP contribution >= 0.6 is 0 Å². The van der Waals surface area contributed by atoms with E-state index in [1.165, 1.54) is 153 Å². The first kappa shape index (κ1) is 51.8. The summed E-state index contributed by atoms with van der Waals surface area (Å²) in [5, 5.41) is 19.8. The molecule has 18 rings (SSSR count). The van der Waals surface area contributed by atoms with E-state index in [-0.39, 0.29) is 0 Å². The van der Waals surface area contributed by atoms with Gasteiger partial charge in [-0.3, -0.25) is 0 Å². The average Bonchev–Trinajstić information content (AvgIpc) is 1.78. The van der Waals surface area contributed by atoms with Crippen LogP contribution in [0.5, 0.6) is 0 Å². The maximum Gasteiger partial charge on any atom is 0.143 e. The highest BCUT2D eigenvalue weighted by Gasteiger charge is 2.23. The molecule has 1 aromatic heterocycles. The molecule has 0 amide bonds. The van der Waals surface area contributed by atoms with Gasteiger partial charge in [0, 0.05) is 16.2 Å². The quantitative estimate of drug-likeness (QED) is 0.145. The van der Waals surface area contributed by atoms with E-state index in [1.54, 1.807) is 0 Å². The molecule has 0 aliphatic heterocycles. The van der Waals surface area contributed by atoms with Gasteiger partial charge in [0.25, 0.3) is 0 Å². The Kier molecular flexibility index (Phi) is 12.6. The maximum absolute atomic E-state index is 6.59. The van der Waals surface area contributed by atoms with E-state index in [9.17, 15) is 0 Å². The molecule has 1 heterocycles. The predicted molar refractivity (Wildman–Crippen MR) is 381 cm³/mol. The molecular formula is C88H56O. The Balaban J connectivity index is 0.000000138. The summed E-state index contributed by atoms with van der Waals surface area (Å²) in [5.74, 6) is 0. The highest BCUT2D eigenvalue weighted by molar-refractivity contribution is 6.28. The molecule has 0 aliphatic carbocycles. The number of hydrogen-bond acceptors (Lipinski definition) is 1. The lowest BCUT2D eigenvalue weighted by Crippen LogP contribution is -1.92. The van der Waals surface area contributed by atoms with Crippen LogP contribution in [0, 0.1) is 0 Å². The molecule has 0 fully saturated rings. The molecule has 0 N–H and O–H groups in total. The molecule has 0 aliphatic rings. The van der Waals surface area contributed by atoms with Gasteiger partial charge in [0.15, 0.2) is 0 Å². The minimum absolute atomic E-state index is 0.914. The fraction of sp³-hybridized carbons (Fsp3) is 0. The molecule has 0 bridgehead atoms. The molecule has 0 spiro atoms. The Morgan fingerprint density at radius 1 is 0.169 bits per heavy atom. The lowest BCUT2D eigenvalue weighted by Gasteiger charge is -2.20. The molecule has 0 radical (unpaired) electrons. The maximum atomic E-state index is 6.59. The summed E-state index contributed by atoms with van der Waals surface area (Å²) >= 11 is 0. The van der Waals surface area contributed by atoms with Crippen LogP contribution in [-0.2, 0) is 0 Å². The van der Waals surface area contributed by atoms with Crippen LogP contribution in [0.1, 0.15) is 0 Å². The van der Waals surface area contributed by atoms with Crippen molar-refractivity contribution < 1.29 is 4.42 Å². The van der Waals surface area contributed by atoms with E-state index < -0.39 is 0 Å². The molecule has 414 valence electrons. The van der Waals surface area contributed by atoms with Crippen LogP contribution in [0.3, 0.4) is 0 Å². The van der Waals surface area contributed by atoms with Gasteiger partial charge in [-0.1, -0.05) is 315 Å². The normalized spacial score (nSPS) is 11.6. The van der Waals surface area contributed by atoms with Gasteiger partial charge in [0.1, 0.15) is 11.2 Å². The molecule has 0 atom stereocenters. The van der Waals surface area contributed by atoms with Crippen LogP contribution < -0.4 is 0 Å². The van der Waals surface area contributed by atoms with Crippen molar-refractivity contribution in [3.8, 4) is 77.9 Å². The fourth-order valence-electron chi connectivity index (χ4n) is 14.2. The smallest absolute Gasteiger partial charge is 0.143 e. The Morgan fingerprint density at radius 2 is 0.528 bits per heavy atom. The third kappa shape index (κ3) is 8.94. The van der Waals surface area contributed by atoms with Gasteiger partial charge in [0.05, 0.1) is 0 Å². The van der Waals surface area contributed by atoms with E-state index in [0.717, 1.165) is 21.9 Å². The van der Waals surface area contributed by atoms with E-state index in [2.05, 4.69) is 340 Å². The largest absolute Gasteiger partial charge is 0.455 e. The molecule has 1 nitrogen and oxygen atoms in total. The second kappa shape index (κ2) is 21.7. The molecule has 0 saturated carbocycles. The van der Waals surface area contributed by atoms with Crippen molar-refractivity contribution in [2.24, 2.45) is 0 Å². The van der Waals surface area contributed by atoms with Crippen LogP contribution in [0.4, 0.5) is 0 Å². The minimum atomic E-state index is 0.914. The zero-order valence-electron chi connectivity index (χ0n) is 48.7. The van der Waals surface area contributed by atoms with Crippen LogP contribution in [-0.4, -0.2) is 0 Å². The van der Waals surface area contributed by atoms with E-state index in [0.29, 0.717) is 0 Å². The second-order valence-electron chi connectivity index (χ2n) is 23.3.